The van der Waals surface area contributed by atoms with Crippen LogP contribution in [0.25, 0.3) is 10.8 Å². The van der Waals surface area contributed by atoms with E-state index in [4.69, 9.17) is 15.2 Å². The van der Waals surface area contributed by atoms with E-state index in [0.717, 1.165) is 42.9 Å². The zero-order valence-electron chi connectivity index (χ0n) is 35.0. The van der Waals surface area contributed by atoms with Crippen LogP contribution in [0.3, 0.4) is 0 Å². The van der Waals surface area contributed by atoms with Gasteiger partial charge in [0.2, 0.25) is 23.6 Å². The van der Waals surface area contributed by atoms with Crippen LogP contribution in [0, 0.1) is 5.92 Å². The van der Waals surface area contributed by atoms with Crippen molar-refractivity contribution in [3.63, 3.8) is 0 Å². The molecule has 2 aromatic rings. The van der Waals surface area contributed by atoms with Gasteiger partial charge >= 0.3 is 12.1 Å². The molecule has 2 aromatic carbocycles. The summed E-state index contributed by atoms with van der Waals surface area (Å²) in [4.78, 5) is 91.1. The van der Waals surface area contributed by atoms with Crippen molar-refractivity contribution in [2.45, 2.75) is 134 Å². The highest BCUT2D eigenvalue weighted by atomic mass is 16.5. The Labute approximate surface area is 350 Å². The van der Waals surface area contributed by atoms with Crippen LogP contribution in [-0.2, 0) is 33.5 Å². The Morgan fingerprint density at radius 1 is 0.750 bits per heavy atom. The van der Waals surface area contributed by atoms with E-state index in [1.165, 1.54) is 6.92 Å². The molecule has 0 aromatic heterocycles. The fourth-order valence-corrected chi connectivity index (χ4v) is 6.74. The largest absolute Gasteiger partial charge is 0.483 e. The van der Waals surface area contributed by atoms with Crippen molar-refractivity contribution < 1.29 is 53.2 Å². The van der Waals surface area contributed by atoms with Crippen molar-refractivity contribution in [3.05, 3.63) is 42.5 Å². The number of fused-ring (bicyclic) bond motifs is 1. The average molecular weight is 842 g/mol. The molecular formula is C42H63N7O11. The van der Waals surface area contributed by atoms with Crippen molar-refractivity contribution >= 4 is 52.4 Å². The van der Waals surface area contributed by atoms with Gasteiger partial charge in [-0.3, -0.25) is 28.8 Å². The number of aliphatic carboxylic acids is 1. The second-order valence-corrected chi connectivity index (χ2v) is 15.6. The first kappa shape index (κ1) is 48.9. The van der Waals surface area contributed by atoms with Gasteiger partial charge in [0.05, 0.1) is 12.1 Å². The molecule has 1 saturated carbocycles. The number of carbonyl (C=O) groups excluding carboxylic acids is 6. The number of unbranched alkanes of at least 4 members (excludes halogenated alkanes) is 1. The lowest BCUT2D eigenvalue weighted by molar-refractivity contribution is -0.139. The molecule has 0 heterocycles. The third-order valence-electron chi connectivity index (χ3n) is 10.1. The molecule has 0 bridgehead atoms. The van der Waals surface area contributed by atoms with Gasteiger partial charge in [-0.15, -0.1) is 0 Å². The molecule has 6 atom stereocenters. The molecule has 0 saturated heterocycles. The van der Waals surface area contributed by atoms with Crippen LogP contribution in [-0.4, -0.2) is 114 Å². The minimum atomic E-state index is -1.54. The summed E-state index contributed by atoms with van der Waals surface area (Å²) in [5.41, 5.74) is 5.67. The quantitative estimate of drug-likeness (QED) is 0.0685. The Morgan fingerprint density at radius 3 is 2.03 bits per heavy atom. The van der Waals surface area contributed by atoms with Gasteiger partial charge in [0.1, 0.15) is 36.5 Å². The third kappa shape index (κ3) is 16.6. The summed E-state index contributed by atoms with van der Waals surface area (Å²) in [6, 6.07) is 6.89. The van der Waals surface area contributed by atoms with Crippen molar-refractivity contribution in [2.24, 2.45) is 11.7 Å². The van der Waals surface area contributed by atoms with E-state index >= 15 is 0 Å². The Kier molecular flexibility index (Phi) is 20.5. The topological polar surface area (TPSA) is 277 Å². The molecule has 0 unspecified atom stereocenters. The first-order valence-electron chi connectivity index (χ1n) is 20.7. The summed E-state index contributed by atoms with van der Waals surface area (Å²) >= 11 is 0. The second-order valence-electron chi connectivity index (χ2n) is 15.6. The number of aliphatic hydroxyl groups excluding tert-OH is 1. The number of carboxylic acid groups (broad SMARTS) is 1. The van der Waals surface area contributed by atoms with Gasteiger partial charge in [0.15, 0.2) is 6.61 Å². The molecule has 3 rings (SSSR count). The van der Waals surface area contributed by atoms with E-state index < -0.39 is 103 Å². The van der Waals surface area contributed by atoms with E-state index in [1.807, 2.05) is 30.3 Å². The second kappa shape index (κ2) is 25.2. The van der Waals surface area contributed by atoms with E-state index in [-0.39, 0.29) is 19.1 Å². The predicted octanol–water partition coefficient (Wildman–Crippen LogP) is 1.75. The van der Waals surface area contributed by atoms with Crippen molar-refractivity contribution in [3.8, 4) is 5.75 Å². The number of amides is 6. The third-order valence-corrected chi connectivity index (χ3v) is 10.1. The van der Waals surface area contributed by atoms with Crippen LogP contribution >= 0.6 is 0 Å². The summed E-state index contributed by atoms with van der Waals surface area (Å²) in [6.45, 7) is 5.89. The maximum atomic E-state index is 13.8. The maximum Gasteiger partial charge on any atom is 0.407 e. The van der Waals surface area contributed by atoms with Gasteiger partial charge < -0.3 is 57.3 Å². The maximum absolute atomic E-state index is 13.8. The molecular weight excluding hydrogens is 778 g/mol. The van der Waals surface area contributed by atoms with Crippen LogP contribution in [0.1, 0.15) is 91.9 Å². The Balaban J connectivity index is 1.65. The summed E-state index contributed by atoms with van der Waals surface area (Å²) in [5.74, 6) is -5.19. The van der Waals surface area contributed by atoms with Gasteiger partial charge in [-0.25, -0.2) is 4.79 Å². The fraction of sp³-hybridized carbons (Fsp3) is 0.595. The normalized spacial score (nSPS) is 15.9. The van der Waals surface area contributed by atoms with E-state index in [9.17, 15) is 43.8 Å². The van der Waals surface area contributed by atoms with Gasteiger partial charge in [-0.1, -0.05) is 69.5 Å². The van der Waals surface area contributed by atoms with Gasteiger partial charge in [-0.05, 0) is 76.3 Å². The monoisotopic (exact) mass is 841 g/mol. The molecule has 332 valence electrons. The number of nitrogens with one attached hydrogen (secondary N) is 6. The van der Waals surface area contributed by atoms with Gasteiger partial charge in [0, 0.05) is 17.8 Å². The number of aliphatic hydroxyl groups is 1. The minimum absolute atomic E-state index is 0.0246. The number of benzene rings is 2. The summed E-state index contributed by atoms with van der Waals surface area (Å²) in [5, 5.41) is 37.3. The SMILES string of the molecule is CC(C)[C@H](NC(=O)[C@H](CCCCN)NC(=O)COc1cccc2ccccc12)C(=O)N[C@@H](CCC(=O)O)C(=O)N[C@H](C(=O)N[C@@H](C)COC(=O)NC1CCCCC1)[C@@H](C)O. The molecule has 18 nitrogen and oxygen atoms in total. The van der Waals surface area contributed by atoms with Crippen LogP contribution in [0.5, 0.6) is 5.75 Å². The van der Waals surface area contributed by atoms with E-state index in [2.05, 4.69) is 31.9 Å². The molecule has 1 aliphatic carbocycles. The molecule has 6 amide bonds. The number of carboxylic acids is 1. The number of nitrogens with two attached hydrogens (primary N) is 1. The van der Waals surface area contributed by atoms with Crippen molar-refractivity contribution in [2.75, 3.05) is 19.8 Å². The number of rotatable bonds is 24. The van der Waals surface area contributed by atoms with Gasteiger partial charge in [-0.2, -0.15) is 0 Å². The summed E-state index contributed by atoms with van der Waals surface area (Å²) < 4.78 is 11.1. The molecule has 0 aliphatic heterocycles. The number of hydrogen-bond donors (Lipinski definition) is 9. The smallest absolute Gasteiger partial charge is 0.407 e. The molecule has 0 spiro atoms. The van der Waals surface area contributed by atoms with Crippen molar-refractivity contribution in [1.29, 1.82) is 0 Å². The first-order valence-corrected chi connectivity index (χ1v) is 20.7. The molecule has 1 aliphatic rings. The number of carbonyl (C=O) groups is 7. The Bertz CT molecular complexity index is 1750. The molecule has 0 radical (unpaired) electrons. The summed E-state index contributed by atoms with van der Waals surface area (Å²) in [7, 11) is 0. The highest BCUT2D eigenvalue weighted by molar-refractivity contribution is 5.96. The van der Waals surface area contributed by atoms with Crippen LogP contribution < -0.4 is 42.4 Å². The van der Waals surface area contributed by atoms with E-state index in [1.54, 1.807) is 32.9 Å². The Hall–Kier alpha value is -5.49. The lowest BCUT2D eigenvalue weighted by Gasteiger charge is -2.29. The lowest BCUT2D eigenvalue weighted by Crippen LogP contribution is -2.61. The average Bonchev–Trinajstić information content (AvgIpc) is 3.21. The molecule has 1 fully saturated rings. The number of alkyl carbamates (subject to hydrolysis) is 1. The van der Waals surface area contributed by atoms with Gasteiger partial charge in [0.25, 0.3) is 5.91 Å². The molecule has 18 heteroatoms. The van der Waals surface area contributed by atoms with Crippen LogP contribution in [0.2, 0.25) is 0 Å². The lowest BCUT2D eigenvalue weighted by atomic mass is 9.96. The number of ether oxygens (including phenoxy) is 2. The minimum Gasteiger partial charge on any atom is -0.483 e. The van der Waals surface area contributed by atoms with E-state index in [0.29, 0.717) is 25.1 Å². The molecule has 10 N–H and O–H groups in total. The summed E-state index contributed by atoms with van der Waals surface area (Å²) in [6.07, 6.45) is 3.12. The predicted molar refractivity (Wildman–Crippen MR) is 222 cm³/mol. The van der Waals surface area contributed by atoms with Crippen molar-refractivity contribution in [1.82, 2.24) is 31.9 Å². The van der Waals surface area contributed by atoms with Crippen LogP contribution in [0.4, 0.5) is 4.79 Å². The Morgan fingerprint density at radius 2 is 1.38 bits per heavy atom. The zero-order chi connectivity index (χ0) is 44.2. The molecule has 60 heavy (non-hydrogen) atoms. The first-order chi connectivity index (χ1) is 28.6. The highest BCUT2D eigenvalue weighted by Crippen LogP contribution is 2.25. The zero-order valence-corrected chi connectivity index (χ0v) is 35.0. The fourth-order valence-electron chi connectivity index (χ4n) is 6.74. The number of hydrogen-bond acceptors (Lipinski definition) is 11. The standard InChI is InChI=1S/C42H63N7O11/c1-25(2)36(48-38(54)31(18-10-11-22-43)46-34(51)24-59-33-19-12-14-28-13-8-9-17-30(28)33)40(56)47-32(20-21-35(52)53)39(55)49-37(27(4)50)41(57)44-26(3)23-60-42(58)45-29-15-6-5-7-16-29/h8-9,12-14,17,19,25-27,29,31-32,36-37,50H,5-7,10-11,15-16,18,20-24,43H2,1-4H3,(H,44,57)(H,45,58)(H,46,51)(H,47,56)(H,48,54)(H,49,55)(H,52,53)/t26-,27+,31-,32-,36-,37-/m0/s1. The highest BCUT2D eigenvalue weighted by Gasteiger charge is 2.34. The van der Waals surface area contributed by atoms with Crippen LogP contribution in [0.15, 0.2) is 42.5 Å².